The van der Waals surface area contributed by atoms with Crippen LogP contribution in [-0.4, -0.2) is 11.1 Å². The van der Waals surface area contributed by atoms with Gasteiger partial charge in [-0.3, -0.25) is 4.79 Å². The van der Waals surface area contributed by atoms with Crippen molar-refractivity contribution >= 4 is 5.97 Å². The first-order valence-electron chi connectivity index (χ1n) is 5.23. The van der Waals surface area contributed by atoms with E-state index in [2.05, 4.69) is 0 Å². The molecule has 3 heteroatoms. The lowest BCUT2D eigenvalue weighted by Gasteiger charge is -2.20. The number of benzene rings is 1. The summed E-state index contributed by atoms with van der Waals surface area (Å²) in [5.41, 5.74) is 1.39. The number of aliphatic carboxylic acids is 1. The Balaban J connectivity index is 3.07. The Labute approximate surface area is 95.1 Å². The van der Waals surface area contributed by atoms with Gasteiger partial charge in [0, 0.05) is 0 Å². The highest BCUT2D eigenvalue weighted by Gasteiger charge is 2.28. The maximum absolute atomic E-state index is 13.6. The molecule has 1 N–H and O–H groups in total. The van der Waals surface area contributed by atoms with Crippen molar-refractivity contribution in [1.82, 2.24) is 0 Å². The highest BCUT2D eigenvalue weighted by atomic mass is 19.1. The van der Waals surface area contributed by atoms with E-state index in [0.717, 1.165) is 11.1 Å². The van der Waals surface area contributed by atoms with Gasteiger partial charge in [0.05, 0.1) is 5.41 Å². The molecule has 0 saturated heterocycles. The zero-order valence-corrected chi connectivity index (χ0v) is 10.1. The van der Waals surface area contributed by atoms with Crippen LogP contribution in [0.15, 0.2) is 12.1 Å². The second-order valence-electron chi connectivity index (χ2n) is 4.89. The summed E-state index contributed by atoms with van der Waals surface area (Å²) >= 11 is 0. The summed E-state index contributed by atoms with van der Waals surface area (Å²) in [6.45, 7) is 6.94. The molecule has 0 spiro atoms. The third kappa shape index (κ3) is 2.60. The summed E-state index contributed by atoms with van der Waals surface area (Å²) in [5.74, 6) is -1.23. The molecule has 0 aliphatic carbocycles. The second kappa shape index (κ2) is 4.24. The van der Waals surface area contributed by atoms with Crippen molar-refractivity contribution in [2.75, 3.05) is 0 Å². The smallest absolute Gasteiger partial charge is 0.309 e. The maximum Gasteiger partial charge on any atom is 0.309 e. The lowest BCUT2D eigenvalue weighted by atomic mass is 9.85. The first kappa shape index (κ1) is 12.7. The molecule has 0 heterocycles. The van der Waals surface area contributed by atoms with Gasteiger partial charge in [0.15, 0.2) is 0 Å². The molecule has 0 bridgehead atoms. The van der Waals surface area contributed by atoms with Crippen molar-refractivity contribution in [3.05, 3.63) is 34.6 Å². The lowest BCUT2D eigenvalue weighted by Crippen LogP contribution is -2.26. The molecule has 0 saturated carbocycles. The number of carbonyl (C=O) groups is 1. The van der Waals surface area contributed by atoms with Crippen LogP contribution in [0.2, 0.25) is 0 Å². The fraction of sp³-hybridized carbons (Fsp3) is 0.462. The van der Waals surface area contributed by atoms with Crippen molar-refractivity contribution in [3.63, 3.8) is 0 Å². The van der Waals surface area contributed by atoms with Crippen molar-refractivity contribution in [2.24, 2.45) is 5.41 Å². The summed E-state index contributed by atoms with van der Waals surface area (Å²) < 4.78 is 13.6. The van der Waals surface area contributed by atoms with Gasteiger partial charge in [0.25, 0.3) is 0 Å². The van der Waals surface area contributed by atoms with E-state index in [4.69, 9.17) is 5.11 Å². The van der Waals surface area contributed by atoms with E-state index in [1.165, 1.54) is 6.07 Å². The molecular formula is C13H17FO2. The van der Waals surface area contributed by atoms with E-state index >= 15 is 0 Å². The SMILES string of the molecule is Cc1cc(F)c(CC(C)(C)C(=O)O)cc1C. The van der Waals surface area contributed by atoms with Crippen LogP contribution < -0.4 is 0 Å². The first-order chi connectivity index (χ1) is 7.24. The number of hydrogen-bond donors (Lipinski definition) is 1. The quantitative estimate of drug-likeness (QED) is 0.856. The molecular weight excluding hydrogens is 207 g/mol. The predicted molar refractivity (Wildman–Crippen MR) is 61.0 cm³/mol. The number of rotatable bonds is 3. The van der Waals surface area contributed by atoms with Gasteiger partial charge in [-0.15, -0.1) is 0 Å². The molecule has 1 aromatic carbocycles. The van der Waals surface area contributed by atoms with Gasteiger partial charge in [-0.25, -0.2) is 4.39 Å². The predicted octanol–water partition coefficient (Wildman–Crippen LogP) is 3.10. The molecule has 1 aromatic rings. The van der Waals surface area contributed by atoms with E-state index < -0.39 is 11.4 Å². The van der Waals surface area contributed by atoms with Gasteiger partial charge in [0.1, 0.15) is 5.82 Å². The van der Waals surface area contributed by atoms with E-state index in [0.29, 0.717) is 5.56 Å². The van der Waals surface area contributed by atoms with Gasteiger partial charge < -0.3 is 5.11 Å². The average molecular weight is 224 g/mol. The minimum Gasteiger partial charge on any atom is -0.481 e. The van der Waals surface area contributed by atoms with Crippen LogP contribution in [0.3, 0.4) is 0 Å². The Morgan fingerprint density at radius 1 is 1.31 bits per heavy atom. The standard InChI is InChI=1S/C13H17FO2/c1-8-5-10(11(14)6-9(8)2)7-13(3,4)12(15)16/h5-6H,7H2,1-4H3,(H,15,16). The molecule has 0 aliphatic heterocycles. The van der Waals surface area contributed by atoms with Gasteiger partial charge in [0.2, 0.25) is 0 Å². The van der Waals surface area contributed by atoms with Crippen molar-refractivity contribution in [3.8, 4) is 0 Å². The number of carboxylic acid groups (broad SMARTS) is 1. The fourth-order valence-electron chi connectivity index (χ4n) is 1.53. The molecule has 2 nitrogen and oxygen atoms in total. The summed E-state index contributed by atoms with van der Waals surface area (Å²) in [6, 6.07) is 3.19. The molecule has 0 atom stereocenters. The van der Waals surface area contributed by atoms with Crippen LogP contribution in [-0.2, 0) is 11.2 Å². The normalized spacial score (nSPS) is 11.6. The van der Waals surface area contributed by atoms with Gasteiger partial charge in [-0.1, -0.05) is 6.07 Å². The van der Waals surface area contributed by atoms with Crippen LogP contribution in [0.25, 0.3) is 0 Å². The zero-order valence-electron chi connectivity index (χ0n) is 10.1. The molecule has 0 unspecified atom stereocenters. The number of hydrogen-bond acceptors (Lipinski definition) is 1. The van der Waals surface area contributed by atoms with Crippen molar-refractivity contribution in [2.45, 2.75) is 34.1 Å². The summed E-state index contributed by atoms with van der Waals surface area (Å²) in [4.78, 5) is 11.0. The number of aryl methyl sites for hydroxylation is 2. The van der Waals surface area contributed by atoms with E-state index in [9.17, 15) is 9.18 Å². The van der Waals surface area contributed by atoms with E-state index in [1.807, 2.05) is 13.8 Å². The van der Waals surface area contributed by atoms with Gasteiger partial charge in [-0.05, 0) is 56.9 Å². The minimum atomic E-state index is -0.942. The number of carboxylic acids is 1. The Morgan fingerprint density at radius 3 is 2.31 bits per heavy atom. The molecule has 1 rings (SSSR count). The summed E-state index contributed by atoms with van der Waals surface area (Å²) in [6.07, 6.45) is 0.204. The largest absolute Gasteiger partial charge is 0.481 e. The topological polar surface area (TPSA) is 37.3 Å². The van der Waals surface area contributed by atoms with Crippen LogP contribution in [0, 0.1) is 25.1 Å². The van der Waals surface area contributed by atoms with Gasteiger partial charge in [-0.2, -0.15) is 0 Å². The molecule has 0 aliphatic rings. The summed E-state index contributed by atoms with van der Waals surface area (Å²) in [5, 5.41) is 8.99. The zero-order chi connectivity index (χ0) is 12.5. The van der Waals surface area contributed by atoms with Crippen molar-refractivity contribution < 1.29 is 14.3 Å². The van der Waals surface area contributed by atoms with Crippen LogP contribution in [0.4, 0.5) is 4.39 Å². The first-order valence-corrected chi connectivity index (χ1v) is 5.23. The second-order valence-corrected chi connectivity index (χ2v) is 4.89. The highest BCUT2D eigenvalue weighted by Crippen LogP contribution is 2.25. The highest BCUT2D eigenvalue weighted by molar-refractivity contribution is 5.74. The third-order valence-corrected chi connectivity index (χ3v) is 2.87. The molecule has 16 heavy (non-hydrogen) atoms. The third-order valence-electron chi connectivity index (χ3n) is 2.87. The molecule has 0 amide bonds. The lowest BCUT2D eigenvalue weighted by molar-refractivity contribution is -0.146. The molecule has 88 valence electrons. The van der Waals surface area contributed by atoms with Crippen LogP contribution in [0.1, 0.15) is 30.5 Å². The number of halogens is 1. The minimum absolute atomic E-state index is 0.204. The molecule has 0 fully saturated rings. The summed E-state index contributed by atoms with van der Waals surface area (Å²) in [7, 11) is 0. The Bertz CT molecular complexity index is 422. The fourth-order valence-corrected chi connectivity index (χ4v) is 1.53. The Hall–Kier alpha value is -1.38. The Morgan fingerprint density at radius 2 is 1.81 bits per heavy atom. The molecule has 0 radical (unpaired) electrons. The van der Waals surface area contributed by atoms with E-state index in [-0.39, 0.29) is 12.2 Å². The van der Waals surface area contributed by atoms with E-state index in [1.54, 1.807) is 19.9 Å². The monoisotopic (exact) mass is 224 g/mol. The maximum atomic E-state index is 13.6. The van der Waals surface area contributed by atoms with Crippen LogP contribution in [0.5, 0.6) is 0 Å². The van der Waals surface area contributed by atoms with Crippen LogP contribution >= 0.6 is 0 Å². The van der Waals surface area contributed by atoms with Crippen molar-refractivity contribution in [1.29, 1.82) is 0 Å². The average Bonchev–Trinajstić information content (AvgIpc) is 2.13. The molecule has 0 aromatic heterocycles. The Kier molecular flexibility index (Phi) is 3.36. The van der Waals surface area contributed by atoms with Gasteiger partial charge >= 0.3 is 5.97 Å².